The molecule has 0 aliphatic rings. The van der Waals surface area contributed by atoms with E-state index in [1.54, 1.807) is 19.4 Å². The molecule has 7 heteroatoms. The van der Waals surface area contributed by atoms with Crippen LogP contribution in [-0.4, -0.2) is 31.9 Å². The lowest BCUT2D eigenvalue weighted by Gasteiger charge is -2.03. The van der Waals surface area contributed by atoms with Crippen molar-refractivity contribution in [3.63, 3.8) is 0 Å². The van der Waals surface area contributed by atoms with Crippen LogP contribution in [0.5, 0.6) is 5.75 Å². The van der Waals surface area contributed by atoms with Gasteiger partial charge in [0.1, 0.15) is 5.75 Å². The number of fused-ring (bicyclic) bond motifs is 1. The zero-order chi connectivity index (χ0) is 16.7. The topological polar surface area (TPSA) is 88.1 Å². The minimum atomic E-state index is -0.179. The van der Waals surface area contributed by atoms with Gasteiger partial charge in [0.15, 0.2) is 5.65 Å². The molecule has 0 saturated heterocycles. The molecule has 120 valence electrons. The SMILES string of the molecule is COc1cccc(-c2[nH]n3c(=O)cc(-c4ccn[nH]4)nc3c2C)c1. The number of hydrogen-bond acceptors (Lipinski definition) is 4. The van der Waals surface area contributed by atoms with Crippen LogP contribution in [-0.2, 0) is 0 Å². The Morgan fingerprint density at radius 3 is 2.83 bits per heavy atom. The van der Waals surface area contributed by atoms with Gasteiger partial charge in [0.25, 0.3) is 5.56 Å². The van der Waals surface area contributed by atoms with E-state index in [2.05, 4.69) is 20.3 Å². The molecule has 0 bridgehead atoms. The van der Waals surface area contributed by atoms with E-state index in [1.165, 1.54) is 10.6 Å². The predicted octanol–water partition coefficient (Wildman–Crippen LogP) is 2.40. The van der Waals surface area contributed by atoms with Crippen LogP contribution in [0.25, 0.3) is 28.3 Å². The van der Waals surface area contributed by atoms with Crippen molar-refractivity contribution < 1.29 is 4.74 Å². The molecule has 4 aromatic rings. The maximum absolute atomic E-state index is 12.4. The third-order valence-corrected chi connectivity index (χ3v) is 3.99. The van der Waals surface area contributed by atoms with Crippen molar-refractivity contribution in [2.75, 3.05) is 7.11 Å². The van der Waals surface area contributed by atoms with Gasteiger partial charge in [0, 0.05) is 23.4 Å². The molecule has 0 aliphatic carbocycles. The first-order chi connectivity index (χ1) is 11.7. The molecule has 0 saturated carbocycles. The summed E-state index contributed by atoms with van der Waals surface area (Å²) in [5.41, 5.74) is 4.34. The number of methoxy groups -OCH3 is 1. The van der Waals surface area contributed by atoms with Crippen molar-refractivity contribution in [1.82, 2.24) is 24.8 Å². The fourth-order valence-electron chi connectivity index (χ4n) is 2.75. The Bertz CT molecular complexity index is 1080. The number of hydrogen-bond donors (Lipinski definition) is 2. The molecule has 0 unspecified atom stereocenters. The highest BCUT2D eigenvalue weighted by molar-refractivity contribution is 5.72. The summed E-state index contributed by atoms with van der Waals surface area (Å²) in [7, 11) is 1.62. The number of rotatable bonds is 3. The molecule has 0 spiro atoms. The van der Waals surface area contributed by atoms with E-state index < -0.39 is 0 Å². The lowest BCUT2D eigenvalue weighted by Crippen LogP contribution is -2.14. The first-order valence-electron chi connectivity index (χ1n) is 7.44. The van der Waals surface area contributed by atoms with Crippen LogP contribution in [0, 0.1) is 6.92 Å². The van der Waals surface area contributed by atoms with Gasteiger partial charge in [-0.25, -0.2) is 9.50 Å². The van der Waals surface area contributed by atoms with Crippen LogP contribution in [0.3, 0.4) is 0 Å². The van der Waals surface area contributed by atoms with Crippen LogP contribution in [0.4, 0.5) is 0 Å². The summed E-state index contributed by atoms with van der Waals surface area (Å²) >= 11 is 0. The standard InChI is InChI=1S/C17H15N5O2/c1-10-16(11-4-3-5-12(8-11)24-2)21-22-15(23)9-14(19-17(10)22)13-6-7-18-20-13/h3-9,21H,1-2H3,(H,18,20). The minimum absolute atomic E-state index is 0.179. The van der Waals surface area contributed by atoms with Crippen molar-refractivity contribution in [3.05, 3.63) is 58.5 Å². The van der Waals surface area contributed by atoms with Crippen LogP contribution in [0.2, 0.25) is 0 Å². The van der Waals surface area contributed by atoms with E-state index in [0.29, 0.717) is 17.0 Å². The summed E-state index contributed by atoms with van der Waals surface area (Å²) in [4.78, 5) is 17.0. The molecule has 7 nitrogen and oxygen atoms in total. The smallest absolute Gasteiger partial charge is 0.273 e. The number of ether oxygens (including phenoxy) is 1. The van der Waals surface area contributed by atoms with Gasteiger partial charge in [0.2, 0.25) is 0 Å². The fourth-order valence-corrected chi connectivity index (χ4v) is 2.75. The number of benzene rings is 1. The van der Waals surface area contributed by atoms with E-state index in [1.807, 2.05) is 31.2 Å². The number of nitrogens with one attached hydrogen (secondary N) is 2. The number of aromatic amines is 2. The lowest BCUT2D eigenvalue weighted by molar-refractivity contribution is 0.415. The first-order valence-corrected chi connectivity index (χ1v) is 7.44. The largest absolute Gasteiger partial charge is 0.497 e. The van der Waals surface area contributed by atoms with Crippen LogP contribution in [0.1, 0.15) is 5.56 Å². The number of aryl methyl sites for hydroxylation is 1. The second kappa shape index (κ2) is 5.38. The molecule has 3 heterocycles. The highest BCUT2D eigenvalue weighted by atomic mass is 16.5. The maximum Gasteiger partial charge on any atom is 0.273 e. The summed E-state index contributed by atoms with van der Waals surface area (Å²) in [6.45, 7) is 1.93. The van der Waals surface area contributed by atoms with Crippen molar-refractivity contribution >= 4 is 5.65 Å². The Labute approximate surface area is 136 Å². The van der Waals surface area contributed by atoms with Gasteiger partial charge in [-0.05, 0) is 25.1 Å². The molecule has 4 rings (SSSR count). The van der Waals surface area contributed by atoms with Gasteiger partial charge < -0.3 is 4.74 Å². The third-order valence-electron chi connectivity index (χ3n) is 3.99. The van der Waals surface area contributed by atoms with Crippen LogP contribution in [0.15, 0.2) is 47.4 Å². The zero-order valence-corrected chi connectivity index (χ0v) is 13.2. The summed E-state index contributed by atoms with van der Waals surface area (Å²) in [5, 5.41) is 9.87. The van der Waals surface area contributed by atoms with Crippen molar-refractivity contribution in [2.45, 2.75) is 6.92 Å². The minimum Gasteiger partial charge on any atom is -0.497 e. The Kier molecular flexibility index (Phi) is 3.19. The Balaban J connectivity index is 1.94. The molecule has 0 radical (unpaired) electrons. The monoisotopic (exact) mass is 321 g/mol. The molecular formula is C17H15N5O2. The van der Waals surface area contributed by atoms with E-state index >= 15 is 0 Å². The van der Waals surface area contributed by atoms with Gasteiger partial charge in [-0.3, -0.25) is 15.0 Å². The maximum atomic E-state index is 12.4. The molecule has 0 amide bonds. The molecule has 3 aromatic heterocycles. The molecule has 0 aliphatic heterocycles. The number of aromatic nitrogens is 5. The quantitative estimate of drug-likeness (QED) is 0.606. The predicted molar refractivity (Wildman–Crippen MR) is 90.1 cm³/mol. The average molecular weight is 321 g/mol. The Morgan fingerprint density at radius 1 is 1.21 bits per heavy atom. The van der Waals surface area contributed by atoms with Gasteiger partial charge in [0.05, 0.1) is 24.2 Å². The average Bonchev–Trinajstić information content (AvgIpc) is 3.24. The summed E-state index contributed by atoms with van der Waals surface area (Å²) < 4.78 is 6.72. The molecule has 2 N–H and O–H groups in total. The van der Waals surface area contributed by atoms with Gasteiger partial charge >= 0.3 is 0 Å². The summed E-state index contributed by atoms with van der Waals surface area (Å²) in [5.74, 6) is 0.754. The van der Waals surface area contributed by atoms with Gasteiger partial charge in [-0.2, -0.15) is 5.10 Å². The second-order valence-corrected chi connectivity index (χ2v) is 5.45. The van der Waals surface area contributed by atoms with Crippen molar-refractivity contribution in [3.8, 4) is 28.4 Å². The van der Waals surface area contributed by atoms with Gasteiger partial charge in [-0.15, -0.1) is 0 Å². The molecular weight excluding hydrogens is 306 g/mol. The van der Waals surface area contributed by atoms with E-state index in [9.17, 15) is 4.79 Å². The Morgan fingerprint density at radius 2 is 2.08 bits per heavy atom. The van der Waals surface area contributed by atoms with Crippen LogP contribution >= 0.6 is 0 Å². The highest BCUT2D eigenvalue weighted by Gasteiger charge is 2.14. The highest BCUT2D eigenvalue weighted by Crippen LogP contribution is 2.27. The fraction of sp³-hybridized carbons (Fsp3) is 0.118. The van der Waals surface area contributed by atoms with E-state index in [-0.39, 0.29) is 5.56 Å². The lowest BCUT2D eigenvalue weighted by atomic mass is 10.1. The van der Waals surface area contributed by atoms with Gasteiger partial charge in [-0.1, -0.05) is 12.1 Å². The normalized spacial score (nSPS) is 11.1. The van der Waals surface area contributed by atoms with Crippen LogP contribution < -0.4 is 10.3 Å². The molecule has 0 fully saturated rings. The second-order valence-electron chi connectivity index (χ2n) is 5.45. The van der Waals surface area contributed by atoms with E-state index in [4.69, 9.17) is 4.74 Å². The third kappa shape index (κ3) is 2.18. The van der Waals surface area contributed by atoms with E-state index in [0.717, 1.165) is 22.6 Å². The molecule has 24 heavy (non-hydrogen) atoms. The summed E-state index contributed by atoms with van der Waals surface area (Å²) in [6.07, 6.45) is 1.63. The van der Waals surface area contributed by atoms with Crippen molar-refractivity contribution in [1.29, 1.82) is 0 Å². The molecule has 0 atom stereocenters. The molecule has 1 aromatic carbocycles. The summed E-state index contributed by atoms with van der Waals surface area (Å²) in [6, 6.07) is 10.9. The number of nitrogens with zero attached hydrogens (tertiary/aromatic N) is 3. The zero-order valence-electron chi connectivity index (χ0n) is 13.2. The Hall–Kier alpha value is -3.35. The van der Waals surface area contributed by atoms with Crippen molar-refractivity contribution in [2.24, 2.45) is 0 Å². The number of H-pyrrole nitrogens is 2. The first kappa shape index (κ1) is 14.3.